The van der Waals surface area contributed by atoms with Crippen LogP contribution in [0.15, 0.2) is 36.4 Å². The summed E-state index contributed by atoms with van der Waals surface area (Å²) in [7, 11) is 0. The lowest BCUT2D eigenvalue weighted by Gasteiger charge is -2.11. The summed E-state index contributed by atoms with van der Waals surface area (Å²) in [5.41, 5.74) is 10.6. The minimum absolute atomic E-state index is 0. The third-order valence-electron chi connectivity index (χ3n) is 3.09. The van der Waals surface area contributed by atoms with Gasteiger partial charge in [0.25, 0.3) is 0 Å². The predicted octanol–water partition coefficient (Wildman–Crippen LogP) is 3.99. The molecule has 0 aliphatic carbocycles. The van der Waals surface area contributed by atoms with E-state index < -0.39 is 0 Å². The number of hydrogen-bond donors (Lipinski definition) is 1. The Hall–Kier alpha value is -1.38. The van der Waals surface area contributed by atoms with Crippen molar-refractivity contribution >= 4 is 12.4 Å². The van der Waals surface area contributed by atoms with E-state index in [4.69, 9.17) is 5.73 Å². The third kappa shape index (κ3) is 2.71. The monoisotopic (exact) mass is 265 g/mol. The van der Waals surface area contributed by atoms with Gasteiger partial charge >= 0.3 is 0 Å². The summed E-state index contributed by atoms with van der Waals surface area (Å²) in [5.74, 6) is -0.188. The molecule has 0 amide bonds. The van der Waals surface area contributed by atoms with E-state index in [9.17, 15) is 4.39 Å². The first-order chi connectivity index (χ1) is 8.13. The number of hydrogen-bond acceptors (Lipinski definition) is 1. The van der Waals surface area contributed by atoms with Gasteiger partial charge in [-0.3, -0.25) is 0 Å². The standard InChI is InChI=1S/C15H16FN.ClH/c1-10-7-12(8-11(2)14(10)9-17)13-5-3-4-6-15(13)16;/h3-8H,9,17H2,1-2H3;1H. The molecule has 3 heteroatoms. The molecule has 0 bridgehead atoms. The Morgan fingerprint density at radius 2 is 1.61 bits per heavy atom. The van der Waals surface area contributed by atoms with Crippen LogP contribution in [-0.4, -0.2) is 0 Å². The van der Waals surface area contributed by atoms with Crippen LogP contribution in [0.3, 0.4) is 0 Å². The highest BCUT2D eigenvalue weighted by atomic mass is 35.5. The second kappa shape index (κ2) is 5.98. The molecule has 2 rings (SSSR count). The second-order valence-corrected chi connectivity index (χ2v) is 4.27. The molecule has 0 saturated heterocycles. The van der Waals surface area contributed by atoms with Gasteiger partial charge in [-0.15, -0.1) is 12.4 Å². The molecule has 0 aliphatic heterocycles. The van der Waals surface area contributed by atoms with Crippen LogP contribution in [0.25, 0.3) is 11.1 Å². The highest BCUT2D eigenvalue weighted by Crippen LogP contribution is 2.26. The van der Waals surface area contributed by atoms with Gasteiger partial charge in [0.15, 0.2) is 0 Å². The van der Waals surface area contributed by atoms with Gasteiger partial charge in [0, 0.05) is 12.1 Å². The van der Waals surface area contributed by atoms with Gasteiger partial charge in [-0.2, -0.15) is 0 Å². The van der Waals surface area contributed by atoms with Gasteiger partial charge in [0.2, 0.25) is 0 Å². The summed E-state index contributed by atoms with van der Waals surface area (Å²) >= 11 is 0. The van der Waals surface area contributed by atoms with Crippen LogP contribution in [0.5, 0.6) is 0 Å². The summed E-state index contributed by atoms with van der Waals surface area (Å²) in [6.45, 7) is 4.55. The van der Waals surface area contributed by atoms with Crippen molar-refractivity contribution in [3.05, 3.63) is 58.9 Å². The first-order valence-corrected chi connectivity index (χ1v) is 5.68. The quantitative estimate of drug-likeness (QED) is 0.873. The normalized spacial score (nSPS) is 10.0. The maximum Gasteiger partial charge on any atom is 0.131 e. The molecule has 96 valence electrons. The van der Waals surface area contributed by atoms with E-state index in [1.807, 2.05) is 32.0 Å². The van der Waals surface area contributed by atoms with E-state index in [1.165, 1.54) is 6.07 Å². The minimum Gasteiger partial charge on any atom is -0.326 e. The molecule has 1 nitrogen and oxygen atoms in total. The Morgan fingerprint density at radius 1 is 1.06 bits per heavy atom. The zero-order chi connectivity index (χ0) is 12.4. The fourth-order valence-corrected chi connectivity index (χ4v) is 2.17. The molecular weight excluding hydrogens is 249 g/mol. The van der Waals surface area contributed by atoms with Crippen molar-refractivity contribution in [1.29, 1.82) is 0 Å². The Bertz CT molecular complexity index is 529. The van der Waals surface area contributed by atoms with Crippen molar-refractivity contribution in [2.24, 2.45) is 5.73 Å². The van der Waals surface area contributed by atoms with Crippen molar-refractivity contribution in [2.75, 3.05) is 0 Å². The molecule has 0 radical (unpaired) electrons. The average molecular weight is 266 g/mol. The smallest absolute Gasteiger partial charge is 0.131 e. The lowest BCUT2D eigenvalue weighted by molar-refractivity contribution is 0.631. The first-order valence-electron chi connectivity index (χ1n) is 5.68. The highest BCUT2D eigenvalue weighted by Gasteiger charge is 2.08. The van der Waals surface area contributed by atoms with E-state index in [0.717, 1.165) is 22.3 Å². The lowest BCUT2D eigenvalue weighted by atomic mass is 9.95. The topological polar surface area (TPSA) is 26.0 Å². The molecule has 2 aromatic carbocycles. The summed E-state index contributed by atoms with van der Waals surface area (Å²) < 4.78 is 13.7. The zero-order valence-electron chi connectivity index (χ0n) is 10.5. The highest BCUT2D eigenvalue weighted by molar-refractivity contribution is 5.85. The van der Waals surface area contributed by atoms with Crippen molar-refractivity contribution in [3.8, 4) is 11.1 Å². The van der Waals surface area contributed by atoms with Gasteiger partial charge in [0.1, 0.15) is 5.82 Å². The Labute approximate surface area is 113 Å². The molecule has 0 atom stereocenters. The Kier molecular flexibility index (Phi) is 4.88. The number of nitrogens with two attached hydrogens (primary N) is 1. The van der Waals surface area contributed by atoms with E-state index in [2.05, 4.69) is 0 Å². The van der Waals surface area contributed by atoms with Crippen LogP contribution in [0.4, 0.5) is 4.39 Å². The molecule has 0 fully saturated rings. The first kappa shape index (κ1) is 14.7. The van der Waals surface area contributed by atoms with Gasteiger partial charge in [-0.1, -0.05) is 30.3 Å². The number of halogens is 2. The van der Waals surface area contributed by atoms with Gasteiger partial charge in [0.05, 0.1) is 0 Å². The van der Waals surface area contributed by atoms with Crippen molar-refractivity contribution < 1.29 is 4.39 Å². The fourth-order valence-electron chi connectivity index (χ4n) is 2.17. The van der Waals surface area contributed by atoms with Crippen molar-refractivity contribution in [3.63, 3.8) is 0 Å². The summed E-state index contributed by atoms with van der Waals surface area (Å²) in [6.07, 6.45) is 0. The van der Waals surface area contributed by atoms with Crippen LogP contribution in [0.2, 0.25) is 0 Å². The number of benzene rings is 2. The maximum atomic E-state index is 13.7. The Balaban J connectivity index is 0.00000162. The molecule has 2 N–H and O–H groups in total. The van der Waals surface area contributed by atoms with E-state index in [0.29, 0.717) is 12.1 Å². The van der Waals surface area contributed by atoms with Crippen LogP contribution in [0, 0.1) is 19.7 Å². The SMILES string of the molecule is Cc1cc(-c2ccccc2F)cc(C)c1CN.Cl. The molecule has 0 heterocycles. The maximum absolute atomic E-state index is 13.7. The molecule has 0 aromatic heterocycles. The van der Waals surface area contributed by atoms with Crippen LogP contribution >= 0.6 is 12.4 Å². The van der Waals surface area contributed by atoms with E-state index >= 15 is 0 Å². The summed E-state index contributed by atoms with van der Waals surface area (Å²) in [5, 5.41) is 0. The van der Waals surface area contributed by atoms with Gasteiger partial charge in [-0.05, 0) is 42.2 Å². The van der Waals surface area contributed by atoms with Crippen LogP contribution in [0.1, 0.15) is 16.7 Å². The largest absolute Gasteiger partial charge is 0.326 e. The minimum atomic E-state index is -0.188. The van der Waals surface area contributed by atoms with Crippen molar-refractivity contribution in [1.82, 2.24) is 0 Å². The fraction of sp³-hybridized carbons (Fsp3) is 0.200. The van der Waals surface area contributed by atoms with E-state index in [1.54, 1.807) is 12.1 Å². The van der Waals surface area contributed by atoms with Crippen LogP contribution in [-0.2, 0) is 6.54 Å². The van der Waals surface area contributed by atoms with Crippen LogP contribution < -0.4 is 5.73 Å². The van der Waals surface area contributed by atoms with Gasteiger partial charge < -0.3 is 5.73 Å². The summed E-state index contributed by atoms with van der Waals surface area (Å²) in [6, 6.07) is 10.8. The molecule has 0 aliphatic rings. The molecular formula is C15H17ClFN. The summed E-state index contributed by atoms with van der Waals surface area (Å²) in [4.78, 5) is 0. The van der Waals surface area contributed by atoms with E-state index in [-0.39, 0.29) is 18.2 Å². The molecule has 0 spiro atoms. The number of aryl methyl sites for hydroxylation is 2. The molecule has 2 aromatic rings. The molecule has 0 unspecified atom stereocenters. The Morgan fingerprint density at radius 3 is 2.11 bits per heavy atom. The molecule has 0 saturated carbocycles. The second-order valence-electron chi connectivity index (χ2n) is 4.27. The number of rotatable bonds is 2. The van der Waals surface area contributed by atoms with Crippen molar-refractivity contribution in [2.45, 2.75) is 20.4 Å². The lowest BCUT2D eigenvalue weighted by Crippen LogP contribution is -2.02. The predicted molar refractivity (Wildman–Crippen MR) is 76.4 cm³/mol. The zero-order valence-corrected chi connectivity index (χ0v) is 11.4. The molecule has 18 heavy (non-hydrogen) atoms. The average Bonchev–Trinajstić information content (AvgIpc) is 2.29. The third-order valence-corrected chi connectivity index (χ3v) is 3.09. The van der Waals surface area contributed by atoms with Gasteiger partial charge in [-0.25, -0.2) is 4.39 Å².